The van der Waals surface area contributed by atoms with Crippen molar-refractivity contribution in [1.29, 1.82) is 0 Å². The zero-order valence-corrected chi connectivity index (χ0v) is 9.46. The second-order valence-electron chi connectivity index (χ2n) is 3.65. The van der Waals surface area contributed by atoms with Gasteiger partial charge in [-0.05, 0) is 22.8 Å². The second kappa shape index (κ2) is 3.17. The van der Waals surface area contributed by atoms with E-state index in [0.717, 1.165) is 22.3 Å². The van der Waals surface area contributed by atoms with Crippen LogP contribution in [-0.2, 0) is 0 Å². The van der Waals surface area contributed by atoms with Gasteiger partial charge in [-0.3, -0.25) is 0 Å². The van der Waals surface area contributed by atoms with E-state index in [4.69, 9.17) is 0 Å². The van der Waals surface area contributed by atoms with Crippen molar-refractivity contribution in [3.63, 3.8) is 0 Å². The SMILES string of the molecule is Fc1cccc2c1[C@@H](Br)c1ccccc1-2. The first-order chi connectivity index (χ1) is 7.29. The van der Waals surface area contributed by atoms with Crippen molar-refractivity contribution in [3.8, 4) is 11.1 Å². The molecule has 0 bridgehead atoms. The van der Waals surface area contributed by atoms with Gasteiger partial charge in [0.15, 0.2) is 0 Å². The van der Waals surface area contributed by atoms with Gasteiger partial charge in [0, 0.05) is 5.56 Å². The fourth-order valence-corrected chi connectivity index (χ4v) is 3.01. The Hall–Kier alpha value is -1.15. The molecule has 0 spiro atoms. The van der Waals surface area contributed by atoms with Crippen molar-refractivity contribution in [2.75, 3.05) is 0 Å². The molecule has 15 heavy (non-hydrogen) atoms. The van der Waals surface area contributed by atoms with Crippen LogP contribution in [0.4, 0.5) is 4.39 Å². The number of fused-ring (bicyclic) bond motifs is 3. The van der Waals surface area contributed by atoms with Crippen LogP contribution in [0.2, 0.25) is 0 Å². The van der Waals surface area contributed by atoms with Gasteiger partial charge in [0.25, 0.3) is 0 Å². The van der Waals surface area contributed by atoms with Gasteiger partial charge in [-0.2, -0.15) is 0 Å². The lowest BCUT2D eigenvalue weighted by Crippen LogP contribution is -1.89. The van der Waals surface area contributed by atoms with Gasteiger partial charge in [-0.1, -0.05) is 52.3 Å². The third kappa shape index (κ3) is 1.18. The van der Waals surface area contributed by atoms with Crippen molar-refractivity contribution in [2.45, 2.75) is 4.83 Å². The first kappa shape index (κ1) is 9.10. The molecule has 0 aromatic heterocycles. The number of hydrogen-bond donors (Lipinski definition) is 0. The number of benzene rings is 2. The van der Waals surface area contributed by atoms with E-state index in [1.54, 1.807) is 6.07 Å². The van der Waals surface area contributed by atoms with Crippen molar-refractivity contribution in [1.82, 2.24) is 0 Å². The predicted molar refractivity (Wildman–Crippen MR) is 62.6 cm³/mol. The summed E-state index contributed by atoms with van der Waals surface area (Å²) in [7, 11) is 0. The summed E-state index contributed by atoms with van der Waals surface area (Å²) in [5, 5.41) is 0. The Morgan fingerprint density at radius 1 is 0.933 bits per heavy atom. The maximum Gasteiger partial charge on any atom is 0.128 e. The van der Waals surface area contributed by atoms with Gasteiger partial charge in [0.2, 0.25) is 0 Å². The van der Waals surface area contributed by atoms with Crippen LogP contribution in [0.1, 0.15) is 16.0 Å². The highest BCUT2D eigenvalue weighted by Crippen LogP contribution is 2.48. The lowest BCUT2D eigenvalue weighted by molar-refractivity contribution is 0.616. The van der Waals surface area contributed by atoms with Gasteiger partial charge in [-0.25, -0.2) is 4.39 Å². The Balaban J connectivity index is 2.37. The third-order valence-corrected chi connectivity index (χ3v) is 3.78. The molecule has 0 N–H and O–H groups in total. The molecule has 0 unspecified atom stereocenters. The summed E-state index contributed by atoms with van der Waals surface area (Å²) in [6, 6.07) is 13.3. The highest BCUT2D eigenvalue weighted by Gasteiger charge is 2.28. The van der Waals surface area contributed by atoms with Crippen LogP contribution in [0.15, 0.2) is 42.5 Å². The molecule has 0 amide bonds. The summed E-state index contributed by atoms with van der Waals surface area (Å²) < 4.78 is 13.7. The van der Waals surface area contributed by atoms with Gasteiger partial charge in [0.05, 0.1) is 4.83 Å². The third-order valence-electron chi connectivity index (χ3n) is 2.83. The fraction of sp³-hybridized carbons (Fsp3) is 0.0769. The maximum atomic E-state index is 13.7. The Kier molecular flexibility index (Phi) is 1.93. The molecule has 1 aliphatic carbocycles. The second-order valence-corrected chi connectivity index (χ2v) is 4.57. The molecule has 1 atom stereocenters. The van der Waals surface area contributed by atoms with Crippen LogP contribution in [0.3, 0.4) is 0 Å². The summed E-state index contributed by atoms with van der Waals surface area (Å²) in [6.45, 7) is 0. The quantitative estimate of drug-likeness (QED) is 0.622. The Morgan fingerprint density at radius 2 is 1.67 bits per heavy atom. The average molecular weight is 263 g/mol. The van der Waals surface area contributed by atoms with Crippen LogP contribution < -0.4 is 0 Å². The van der Waals surface area contributed by atoms with E-state index in [2.05, 4.69) is 15.9 Å². The molecule has 0 aliphatic heterocycles. The monoisotopic (exact) mass is 262 g/mol. The first-order valence-electron chi connectivity index (χ1n) is 4.81. The summed E-state index contributed by atoms with van der Waals surface area (Å²) in [4.78, 5) is -0.00935. The van der Waals surface area contributed by atoms with E-state index in [0.29, 0.717) is 0 Å². The highest BCUT2D eigenvalue weighted by molar-refractivity contribution is 9.09. The zero-order chi connectivity index (χ0) is 10.4. The van der Waals surface area contributed by atoms with E-state index in [1.165, 1.54) is 6.07 Å². The van der Waals surface area contributed by atoms with Crippen LogP contribution in [0.5, 0.6) is 0 Å². The topological polar surface area (TPSA) is 0 Å². The molecule has 0 fully saturated rings. The van der Waals surface area contributed by atoms with E-state index in [9.17, 15) is 4.39 Å². The normalized spacial score (nSPS) is 17.3. The summed E-state index contributed by atoms with van der Waals surface area (Å²) in [5.74, 6) is -0.134. The van der Waals surface area contributed by atoms with Gasteiger partial charge < -0.3 is 0 Å². The number of hydrogen-bond acceptors (Lipinski definition) is 0. The summed E-state index contributed by atoms with van der Waals surface area (Å²) >= 11 is 3.55. The maximum absolute atomic E-state index is 13.7. The molecule has 0 heterocycles. The first-order valence-corrected chi connectivity index (χ1v) is 5.72. The van der Waals surface area contributed by atoms with Crippen molar-refractivity contribution in [3.05, 3.63) is 59.4 Å². The van der Waals surface area contributed by atoms with E-state index < -0.39 is 0 Å². The molecular formula is C13H8BrF. The van der Waals surface area contributed by atoms with Crippen LogP contribution >= 0.6 is 15.9 Å². The van der Waals surface area contributed by atoms with Crippen molar-refractivity contribution < 1.29 is 4.39 Å². The van der Waals surface area contributed by atoms with E-state index >= 15 is 0 Å². The Morgan fingerprint density at radius 3 is 2.53 bits per heavy atom. The molecule has 2 aromatic carbocycles. The van der Waals surface area contributed by atoms with Crippen LogP contribution in [-0.4, -0.2) is 0 Å². The van der Waals surface area contributed by atoms with Crippen LogP contribution in [0, 0.1) is 5.82 Å². The molecule has 0 saturated carbocycles. The minimum Gasteiger partial charge on any atom is -0.207 e. The summed E-state index contributed by atoms with van der Waals surface area (Å²) in [5.41, 5.74) is 4.05. The number of rotatable bonds is 0. The molecule has 2 heteroatoms. The standard InChI is InChI=1S/C13H8BrF/c14-13-10-5-2-1-4-8(10)9-6-3-7-11(15)12(9)13/h1-7,13H/t13-/m0/s1. The molecule has 74 valence electrons. The van der Waals surface area contributed by atoms with Crippen molar-refractivity contribution >= 4 is 15.9 Å². The van der Waals surface area contributed by atoms with E-state index in [-0.39, 0.29) is 10.6 Å². The minimum absolute atomic E-state index is 0.00935. The molecule has 0 nitrogen and oxygen atoms in total. The fourth-order valence-electron chi connectivity index (χ4n) is 2.15. The predicted octanol–water partition coefficient (Wildman–Crippen LogP) is 4.29. The van der Waals surface area contributed by atoms with Gasteiger partial charge in [-0.15, -0.1) is 0 Å². The molecule has 1 aliphatic rings. The molecule has 0 radical (unpaired) electrons. The van der Waals surface area contributed by atoms with Crippen molar-refractivity contribution in [2.24, 2.45) is 0 Å². The average Bonchev–Trinajstić information content (AvgIpc) is 2.55. The number of halogens is 2. The Bertz CT molecular complexity index is 534. The minimum atomic E-state index is -0.134. The van der Waals surface area contributed by atoms with Gasteiger partial charge >= 0.3 is 0 Å². The smallest absolute Gasteiger partial charge is 0.128 e. The van der Waals surface area contributed by atoms with Crippen LogP contribution in [0.25, 0.3) is 11.1 Å². The highest BCUT2D eigenvalue weighted by atomic mass is 79.9. The lowest BCUT2D eigenvalue weighted by Gasteiger charge is -2.04. The van der Waals surface area contributed by atoms with Gasteiger partial charge in [0.1, 0.15) is 5.82 Å². The van der Waals surface area contributed by atoms with E-state index in [1.807, 2.05) is 30.3 Å². The molecule has 2 aromatic rings. The summed E-state index contributed by atoms with van der Waals surface area (Å²) in [6.07, 6.45) is 0. The zero-order valence-electron chi connectivity index (χ0n) is 7.87. The largest absolute Gasteiger partial charge is 0.207 e. The molecular weight excluding hydrogens is 255 g/mol. The lowest BCUT2D eigenvalue weighted by atomic mass is 10.1. The number of alkyl halides is 1. The molecule has 0 saturated heterocycles. The molecule has 3 rings (SSSR count). The Labute approximate surface area is 95.9 Å².